The minimum absolute atomic E-state index is 0.113. The normalized spacial score (nSPS) is 12.1. The van der Waals surface area contributed by atoms with E-state index in [0.717, 1.165) is 6.07 Å². The van der Waals surface area contributed by atoms with E-state index in [0.29, 0.717) is 0 Å². The molecule has 1 aromatic heterocycles. The minimum atomic E-state index is -4.09. The van der Waals surface area contributed by atoms with Crippen LogP contribution < -0.4 is 5.14 Å². The van der Waals surface area contributed by atoms with Crippen LogP contribution in [0.5, 0.6) is 0 Å². The fourth-order valence-electron chi connectivity index (χ4n) is 0.993. The Labute approximate surface area is 90.1 Å². The van der Waals surface area contributed by atoms with Crippen molar-refractivity contribution in [1.29, 1.82) is 0 Å². The highest BCUT2D eigenvalue weighted by atomic mass is 35.5. The van der Waals surface area contributed by atoms with Crippen LogP contribution in [0.1, 0.15) is 17.7 Å². The summed E-state index contributed by atoms with van der Waals surface area (Å²) in [4.78, 5) is 3.44. The number of aromatic nitrogens is 1. The second-order valence-electron chi connectivity index (χ2n) is 2.80. The molecule has 0 aliphatic heterocycles. The highest BCUT2D eigenvalue weighted by Gasteiger charge is 2.20. The van der Waals surface area contributed by atoms with Crippen LogP contribution in [-0.4, -0.2) is 13.4 Å². The minimum Gasteiger partial charge on any atom is -0.238 e. The number of hydrogen-bond acceptors (Lipinski definition) is 3. The van der Waals surface area contributed by atoms with Gasteiger partial charge < -0.3 is 0 Å². The van der Waals surface area contributed by atoms with Crippen LogP contribution >= 0.6 is 11.6 Å². The molecule has 1 rings (SSSR count). The molecule has 0 bridgehead atoms. The summed E-state index contributed by atoms with van der Waals surface area (Å²) in [5, 5.41) is 3.79. The molecule has 15 heavy (non-hydrogen) atoms. The second kappa shape index (κ2) is 3.99. The van der Waals surface area contributed by atoms with Crippen molar-refractivity contribution in [1.82, 2.24) is 4.98 Å². The zero-order chi connectivity index (χ0) is 11.8. The van der Waals surface area contributed by atoms with Crippen molar-refractivity contribution in [3.63, 3.8) is 0 Å². The van der Waals surface area contributed by atoms with Gasteiger partial charge in [-0.05, 0) is 13.0 Å². The van der Waals surface area contributed by atoms with Gasteiger partial charge in [0.25, 0.3) is 16.4 Å². The maximum absolute atomic E-state index is 12.4. The smallest absolute Gasteiger partial charge is 0.238 e. The molecule has 0 spiro atoms. The first-order valence-electron chi connectivity index (χ1n) is 3.71. The Morgan fingerprint density at radius 3 is 2.47 bits per heavy atom. The quantitative estimate of drug-likeness (QED) is 0.874. The number of halogens is 3. The van der Waals surface area contributed by atoms with E-state index in [9.17, 15) is 17.2 Å². The van der Waals surface area contributed by atoms with Gasteiger partial charge in [-0.1, -0.05) is 11.6 Å². The van der Waals surface area contributed by atoms with Gasteiger partial charge in [0.1, 0.15) is 0 Å². The summed E-state index contributed by atoms with van der Waals surface area (Å²) in [5.74, 6) is 0. The van der Waals surface area contributed by atoms with Crippen molar-refractivity contribution in [3.8, 4) is 0 Å². The Bertz CT molecular complexity index is 490. The molecule has 0 amide bonds. The average Bonchev–Trinajstić information content (AvgIpc) is 2.06. The molecule has 0 atom stereocenters. The van der Waals surface area contributed by atoms with E-state index < -0.39 is 32.1 Å². The maximum atomic E-state index is 12.4. The average molecular weight is 257 g/mol. The number of alkyl halides is 2. The van der Waals surface area contributed by atoms with Gasteiger partial charge in [0, 0.05) is 11.3 Å². The van der Waals surface area contributed by atoms with Crippen LogP contribution in [0.3, 0.4) is 0 Å². The fourth-order valence-corrected chi connectivity index (χ4v) is 2.07. The first-order chi connectivity index (χ1) is 6.73. The maximum Gasteiger partial charge on any atom is 0.265 e. The highest BCUT2D eigenvalue weighted by Crippen LogP contribution is 2.27. The molecular formula is C7H7ClF2N2O2S. The van der Waals surface area contributed by atoms with Crippen molar-refractivity contribution >= 4 is 21.6 Å². The number of sulfonamides is 1. The number of nitrogens with two attached hydrogens (primary N) is 1. The van der Waals surface area contributed by atoms with Gasteiger partial charge in [-0.25, -0.2) is 27.3 Å². The zero-order valence-corrected chi connectivity index (χ0v) is 9.11. The van der Waals surface area contributed by atoms with E-state index in [1.54, 1.807) is 0 Å². The first kappa shape index (κ1) is 12.3. The van der Waals surface area contributed by atoms with E-state index in [1.165, 1.54) is 6.92 Å². The number of rotatable bonds is 2. The molecule has 1 heterocycles. The van der Waals surface area contributed by atoms with Gasteiger partial charge in [0.2, 0.25) is 0 Å². The molecule has 84 valence electrons. The summed E-state index contributed by atoms with van der Waals surface area (Å²) < 4.78 is 46.6. The molecule has 0 fully saturated rings. The van der Waals surface area contributed by atoms with Gasteiger partial charge in [-0.2, -0.15) is 0 Å². The summed E-state index contributed by atoms with van der Waals surface area (Å²) in [7, 11) is -4.09. The van der Waals surface area contributed by atoms with Crippen molar-refractivity contribution in [2.45, 2.75) is 18.4 Å². The summed E-state index contributed by atoms with van der Waals surface area (Å²) >= 11 is 5.48. The number of primary sulfonamides is 1. The molecule has 0 saturated heterocycles. The molecule has 4 nitrogen and oxygen atoms in total. The molecule has 0 aromatic carbocycles. The van der Waals surface area contributed by atoms with Crippen molar-refractivity contribution in [2.75, 3.05) is 0 Å². The lowest BCUT2D eigenvalue weighted by Gasteiger charge is -2.07. The zero-order valence-electron chi connectivity index (χ0n) is 7.54. The number of pyridine rings is 1. The molecule has 0 radical (unpaired) electrons. The van der Waals surface area contributed by atoms with Crippen molar-refractivity contribution < 1.29 is 17.2 Å². The third-order valence-electron chi connectivity index (χ3n) is 1.68. The summed E-state index contributed by atoms with van der Waals surface area (Å²) in [6.07, 6.45) is -2.76. The Hall–Kier alpha value is -0.790. The van der Waals surface area contributed by atoms with Crippen molar-refractivity contribution in [3.05, 3.63) is 22.3 Å². The summed E-state index contributed by atoms with van der Waals surface area (Å²) in [6, 6.07) is 0.855. The summed E-state index contributed by atoms with van der Waals surface area (Å²) in [6.45, 7) is 1.26. The van der Waals surface area contributed by atoms with Crippen LogP contribution in [-0.2, 0) is 10.0 Å². The van der Waals surface area contributed by atoms with E-state index in [-0.39, 0.29) is 5.69 Å². The molecular weight excluding hydrogens is 250 g/mol. The first-order valence-corrected chi connectivity index (χ1v) is 5.64. The lowest BCUT2D eigenvalue weighted by molar-refractivity contribution is 0.150. The Morgan fingerprint density at radius 2 is 2.07 bits per heavy atom. The third-order valence-corrected chi connectivity index (χ3v) is 2.93. The van der Waals surface area contributed by atoms with Gasteiger partial charge in [0.05, 0.1) is 5.02 Å². The van der Waals surface area contributed by atoms with Gasteiger partial charge in [0.15, 0.2) is 5.03 Å². The molecule has 0 aliphatic carbocycles. The molecule has 0 unspecified atom stereocenters. The molecule has 8 heteroatoms. The van der Waals surface area contributed by atoms with E-state index in [1.807, 2.05) is 0 Å². The molecule has 0 saturated carbocycles. The largest absolute Gasteiger partial charge is 0.265 e. The van der Waals surface area contributed by atoms with Crippen LogP contribution in [0.4, 0.5) is 8.78 Å². The number of nitrogens with zero attached hydrogens (tertiary/aromatic N) is 1. The predicted octanol–water partition coefficient (Wildman–Crippen LogP) is 1.63. The van der Waals surface area contributed by atoms with Gasteiger partial charge >= 0.3 is 0 Å². The Morgan fingerprint density at radius 1 is 1.53 bits per heavy atom. The summed E-state index contributed by atoms with van der Waals surface area (Å²) in [5.41, 5.74) is -0.522. The highest BCUT2D eigenvalue weighted by molar-refractivity contribution is 7.89. The van der Waals surface area contributed by atoms with Gasteiger partial charge in [-0.15, -0.1) is 0 Å². The fraction of sp³-hybridized carbons (Fsp3) is 0.286. The molecule has 0 aliphatic rings. The molecule has 2 N–H and O–H groups in total. The Kier molecular flexibility index (Phi) is 3.27. The van der Waals surface area contributed by atoms with E-state index >= 15 is 0 Å². The topological polar surface area (TPSA) is 73.0 Å². The SMILES string of the molecule is Cc1nc(S(N)(=O)=O)c(Cl)cc1C(F)F. The molecule has 1 aromatic rings. The van der Waals surface area contributed by atoms with Crippen LogP contribution in [0, 0.1) is 6.92 Å². The Balaban J connectivity index is 3.46. The number of aryl methyl sites for hydroxylation is 1. The standard InChI is InChI=1S/C7H7ClF2N2O2S/c1-3-4(6(9)10)2-5(8)7(12-3)15(11,13)14/h2,6H,1H3,(H2,11,13,14). The van der Waals surface area contributed by atoms with E-state index in [4.69, 9.17) is 16.7 Å². The van der Waals surface area contributed by atoms with Crippen LogP contribution in [0.25, 0.3) is 0 Å². The van der Waals surface area contributed by atoms with Crippen molar-refractivity contribution in [2.24, 2.45) is 5.14 Å². The van der Waals surface area contributed by atoms with E-state index in [2.05, 4.69) is 4.98 Å². The third kappa shape index (κ3) is 2.61. The monoisotopic (exact) mass is 256 g/mol. The van der Waals surface area contributed by atoms with Crippen LogP contribution in [0.2, 0.25) is 5.02 Å². The van der Waals surface area contributed by atoms with Gasteiger partial charge in [-0.3, -0.25) is 0 Å². The lowest BCUT2D eigenvalue weighted by atomic mass is 10.2. The predicted molar refractivity (Wildman–Crippen MR) is 50.3 cm³/mol. The lowest BCUT2D eigenvalue weighted by Crippen LogP contribution is -2.15. The number of hydrogen-bond donors (Lipinski definition) is 1. The van der Waals surface area contributed by atoms with Crippen LogP contribution in [0.15, 0.2) is 11.1 Å². The second-order valence-corrected chi connectivity index (χ2v) is 4.68.